The summed E-state index contributed by atoms with van der Waals surface area (Å²) in [6.07, 6.45) is 0. The lowest BCUT2D eigenvalue weighted by Crippen LogP contribution is -2.26. The predicted molar refractivity (Wildman–Crippen MR) is 96.1 cm³/mol. The first-order valence-electron chi connectivity index (χ1n) is 7.78. The first-order chi connectivity index (χ1) is 11.9. The van der Waals surface area contributed by atoms with Crippen LogP contribution in [0.15, 0.2) is 42.5 Å². The fourth-order valence-electron chi connectivity index (χ4n) is 2.44. The molecule has 2 aromatic carbocycles. The number of nitrogens with one attached hydrogen (secondary N) is 1. The number of ether oxygens (including phenoxy) is 2. The van der Waals surface area contributed by atoms with Crippen LogP contribution < -0.4 is 14.8 Å². The molecule has 2 aromatic rings. The average Bonchev–Trinajstić information content (AvgIpc) is 2.61. The van der Waals surface area contributed by atoms with Gasteiger partial charge in [0.1, 0.15) is 0 Å². The standard InChI is InChI=1S/C19H22N2O4/c1-13(22)20-16-8-6-15(7-9-16)19(23)21(2)12-14-5-10-17(24-3)18(11-14)25-4/h5-11H,12H2,1-4H3,(H,20,22). The molecule has 2 amide bonds. The Balaban J connectivity index is 2.08. The highest BCUT2D eigenvalue weighted by Gasteiger charge is 2.13. The quantitative estimate of drug-likeness (QED) is 0.876. The fourth-order valence-corrected chi connectivity index (χ4v) is 2.44. The number of methoxy groups -OCH3 is 2. The van der Waals surface area contributed by atoms with Gasteiger partial charge in [-0.3, -0.25) is 9.59 Å². The van der Waals surface area contributed by atoms with Crippen LogP contribution in [-0.4, -0.2) is 38.0 Å². The van der Waals surface area contributed by atoms with Gasteiger partial charge in [-0.1, -0.05) is 6.07 Å². The van der Waals surface area contributed by atoms with Crippen LogP contribution in [0.1, 0.15) is 22.8 Å². The SMILES string of the molecule is COc1ccc(CN(C)C(=O)c2ccc(NC(C)=O)cc2)cc1OC. The zero-order chi connectivity index (χ0) is 18.4. The maximum Gasteiger partial charge on any atom is 0.253 e. The van der Waals surface area contributed by atoms with Gasteiger partial charge in [-0.05, 0) is 42.0 Å². The molecule has 1 N–H and O–H groups in total. The number of anilines is 1. The number of nitrogens with zero attached hydrogens (tertiary/aromatic N) is 1. The van der Waals surface area contributed by atoms with Gasteiger partial charge in [-0.15, -0.1) is 0 Å². The molecule has 0 radical (unpaired) electrons. The maximum atomic E-state index is 12.5. The number of benzene rings is 2. The molecule has 6 heteroatoms. The average molecular weight is 342 g/mol. The Labute approximate surface area is 147 Å². The van der Waals surface area contributed by atoms with Gasteiger partial charge >= 0.3 is 0 Å². The minimum Gasteiger partial charge on any atom is -0.493 e. The summed E-state index contributed by atoms with van der Waals surface area (Å²) >= 11 is 0. The lowest BCUT2D eigenvalue weighted by atomic mass is 10.1. The summed E-state index contributed by atoms with van der Waals surface area (Å²) in [6, 6.07) is 12.4. The third-order valence-electron chi connectivity index (χ3n) is 3.67. The van der Waals surface area contributed by atoms with Gasteiger partial charge in [-0.25, -0.2) is 0 Å². The van der Waals surface area contributed by atoms with Crippen LogP contribution in [-0.2, 0) is 11.3 Å². The Morgan fingerprint density at radius 2 is 1.64 bits per heavy atom. The van der Waals surface area contributed by atoms with Crippen molar-refractivity contribution in [2.24, 2.45) is 0 Å². The number of hydrogen-bond donors (Lipinski definition) is 1. The number of carbonyl (C=O) groups is 2. The summed E-state index contributed by atoms with van der Waals surface area (Å²) in [6.45, 7) is 1.88. The van der Waals surface area contributed by atoms with E-state index in [4.69, 9.17) is 9.47 Å². The first-order valence-corrected chi connectivity index (χ1v) is 7.78. The highest BCUT2D eigenvalue weighted by atomic mass is 16.5. The van der Waals surface area contributed by atoms with Crippen LogP contribution in [0.2, 0.25) is 0 Å². The van der Waals surface area contributed by atoms with Crippen LogP contribution in [0.4, 0.5) is 5.69 Å². The van der Waals surface area contributed by atoms with Crippen LogP contribution in [0.5, 0.6) is 11.5 Å². The molecule has 2 rings (SSSR count). The second kappa shape index (κ2) is 8.19. The molecule has 0 aromatic heterocycles. The number of rotatable bonds is 6. The summed E-state index contributed by atoms with van der Waals surface area (Å²) in [7, 11) is 4.89. The largest absolute Gasteiger partial charge is 0.493 e. The highest BCUT2D eigenvalue weighted by molar-refractivity contribution is 5.95. The maximum absolute atomic E-state index is 12.5. The highest BCUT2D eigenvalue weighted by Crippen LogP contribution is 2.28. The van der Waals surface area contributed by atoms with E-state index in [2.05, 4.69) is 5.32 Å². The van der Waals surface area contributed by atoms with Gasteiger partial charge in [0.25, 0.3) is 5.91 Å². The van der Waals surface area contributed by atoms with Crippen molar-refractivity contribution >= 4 is 17.5 Å². The van der Waals surface area contributed by atoms with Crippen molar-refractivity contribution in [3.8, 4) is 11.5 Å². The van der Waals surface area contributed by atoms with Crippen molar-refractivity contribution in [2.45, 2.75) is 13.5 Å². The molecule has 25 heavy (non-hydrogen) atoms. The molecule has 0 bridgehead atoms. The minimum atomic E-state index is -0.148. The zero-order valence-electron chi connectivity index (χ0n) is 14.8. The third kappa shape index (κ3) is 4.73. The number of amides is 2. The van der Waals surface area contributed by atoms with E-state index in [0.29, 0.717) is 29.3 Å². The van der Waals surface area contributed by atoms with Crippen LogP contribution in [0.3, 0.4) is 0 Å². The van der Waals surface area contributed by atoms with Gasteiger partial charge in [0.15, 0.2) is 11.5 Å². The monoisotopic (exact) mass is 342 g/mol. The lowest BCUT2D eigenvalue weighted by molar-refractivity contribution is -0.114. The zero-order valence-corrected chi connectivity index (χ0v) is 14.8. The van der Waals surface area contributed by atoms with E-state index in [-0.39, 0.29) is 11.8 Å². The predicted octanol–water partition coefficient (Wildman–Crippen LogP) is 2.93. The summed E-state index contributed by atoms with van der Waals surface area (Å²) < 4.78 is 10.5. The van der Waals surface area contributed by atoms with Crippen molar-refractivity contribution in [1.82, 2.24) is 4.90 Å². The summed E-state index contributed by atoms with van der Waals surface area (Å²) in [5, 5.41) is 2.67. The van der Waals surface area contributed by atoms with Gasteiger partial charge in [0.05, 0.1) is 14.2 Å². The van der Waals surface area contributed by atoms with E-state index in [1.165, 1.54) is 6.92 Å². The normalized spacial score (nSPS) is 10.1. The molecule has 0 saturated heterocycles. The van der Waals surface area contributed by atoms with Crippen molar-refractivity contribution < 1.29 is 19.1 Å². The van der Waals surface area contributed by atoms with Crippen molar-refractivity contribution in [2.75, 3.05) is 26.6 Å². The van der Waals surface area contributed by atoms with Crippen molar-refractivity contribution in [3.63, 3.8) is 0 Å². The Morgan fingerprint density at radius 3 is 2.20 bits per heavy atom. The Morgan fingerprint density at radius 1 is 1.00 bits per heavy atom. The first kappa shape index (κ1) is 18.3. The van der Waals surface area contributed by atoms with Gasteiger partial charge in [0.2, 0.25) is 5.91 Å². The number of carbonyl (C=O) groups excluding carboxylic acids is 2. The molecular weight excluding hydrogens is 320 g/mol. The van der Waals surface area contributed by atoms with E-state index in [9.17, 15) is 9.59 Å². The molecule has 0 aliphatic rings. The topological polar surface area (TPSA) is 67.9 Å². The number of hydrogen-bond acceptors (Lipinski definition) is 4. The van der Waals surface area contributed by atoms with Crippen LogP contribution in [0.25, 0.3) is 0 Å². The molecule has 132 valence electrons. The summed E-state index contributed by atoms with van der Waals surface area (Å²) in [5.41, 5.74) is 2.15. The van der Waals surface area contributed by atoms with Crippen LogP contribution >= 0.6 is 0 Å². The fraction of sp³-hybridized carbons (Fsp3) is 0.263. The summed E-state index contributed by atoms with van der Waals surface area (Å²) in [5.74, 6) is 1.02. The second-order valence-electron chi connectivity index (χ2n) is 5.61. The van der Waals surface area contributed by atoms with E-state index in [1.54, 1.807) is 50.4 Å². The molecule has 6 nitrogen and oxygen atoms in total. The summed E-state index contributed by atoms with van der Waals surface area (Å²) in [4.78, 5) is 25.2. The molecule has 0 aliphatic carbocycles. The van der Waals surface area contributed by atoms with Crippen molar-refractivity contribution in [3.05, 3.63) is 53.6 Å². The van der Waals surface area contributed by atoms with Crippen LogP contribution in [0, 0.1) is 0 Å². The molecule has 0 saturated carbocycles. The Bertz CT molecular complexity index is 757. The Kier molecular flexibility index (Phi) is 6.00. The van der Waals surface area contributed by atoms with E-state index in [0.717, 1.165) is 5.56 Å². The van der Waals surface area contributed by atoms with Gasteiger partial charge in [-0.2, -0.15) is 0 Å². The van der Waals surface area contributed by atoms with Gasteiger partial charge < -0.3 is 19.7 Å². The molecule has 0 atom stereocenters. The molecule has 0 spiro atoms. The second-order valence-corrected chi connectivity index (χ2v) is 5.61. The van der Waals surface area contributed by atoms with E-state index < -0.39 is 0 Å². The van der Waals surface area contributed by atoms with E-state index in [1.807, 2.05) is 18.2 Å². The lowest BCUT2D eigenvalue weighted by Gasteiger charge is -2.18. The molecule has 0 aliphatic heterocycles. The minimum absolute atomic E-state index is 0.107. The van der Waals surface area contributed by atoms with Gasteiger partial charge in [0, 0.05) is 31.8 Å². The Hall–Kier alpha value is -3.02. The molecule has 0 unspecified atom stereocenters. The van der Waals surface area contributed by atoms with E-state index >= 15 is 0 Å². The molecule has 0 heterocycles. The molecule has 0 fully saturated rings. The van der Waals surface area contributed by atoms with Crippen molar-refractivity contribution in [1.29, 1.82) is 0 Å². The smallest absolute Gasteiger partial charge is 0.253 e. The third-order valence-corrected chi connectivity index (χ3v) is 3.67. The molecular formula is C19H22N2O4.